The number of hydrogen-bond acceptors (Lipinski definition) is 5. The summed E-state index contributed by atoms with van der Waals surface area (Å²) in [6.45, 7) is 0.940. The first-order valence-corrected chi connectivity index (χ1v) is 6.83. The molecule has 0 atom stereocenters. The lowest BCUT2D eigenvalue weighted by Crippen LogP contribution is -2.26. The van der Waals surface area contributed by atoms with E-state index in [0.717, 1.165) is 18.7 Å². The summed E-state index contributed by atoms with van der Waals surface area (Å²) in [7, 11) is 0. The van der Waals surface area contributed by atoms with Crippen molar-refractivity contribution in [2.45, 2.75) is 19.3 Å². The molecule has 0 fully saturated rings. The zero-order valence-corrected chi connectivity index (χ0v) is 11.7. The average molecular weight is 289 g/mol. The highest BCUT2D eigenvalue weighted by Crippen LogP contribution is 2.14. The molecule has 1 amide bonds. The van der Waals surface area contributed by atoms with Gasteiger partial charge < -0.3 is 15.8 Å². The van der Waals surface area contributed by atoms with Crippen LogP contribution in [0.3, 0.4) is 0 Å². The van der Waals surface area contributed by atoms with Gasteiger partial charge in [0.1, 0.15) is 17.9 Å². The van der Waals surface area contributed by atoms with E-state index < -0.39 is 0 Å². The maximum atomic E-state index is 11.6. The molecule has 0 radical (unpaired) electrons. The monoisotopic (exact) mass is 289 g/mol. The minimum Gasteiger partial charge on any atom is -0.493 e. The van der Waals surface area contributed by atoms with Crippen LogP contribution in [0.4, 0.5) is 5.69 Å². The summed E-state index contributed by atoms with van der Waals surface area (Å²) in [4.78, 5) is 15.6. The van der Waals surface area contributed by atoms with E-state index in [0.29, 0.717) is 31.0 Å². The Labute approximate surface area is 122 Å². The topological polar surface area (TPSA) is 106 Å². The lowest BCUT2D eigenvalue weighted by molar-refractivity contribution is -0.121. The predicted octanol–water partition coefficient (Wildman–Crippen LogP) is 0.905. The van der Waals surface area contributed by atoms with Crippen molar-refractivity contribution in [3.05, 3.63) is 36.4 Å². The van der Waals surface area contributed by atoms with Gasteiger partial charge in [-0.15, -0.1) is 0 Å². The van der Waals surface area contributed by atoms with Crippen LogP contribution in [-0.4, -0.2) is 34.2 Å². The molecule has 0 aliphatic carbocycles. The molecule has 1 aromatic heterocycles. The van der Waals surface area contributed by atoms with Crippen molar-refractivity contribution in [1.29, 1.82) is 0 Å². The van der Waals surface area contributed by atoms with Crippen LogP contribution in [0.1, 0.15) is 18.7 Å². The van der Waals surface area contributed by atoms with Gasteiger partial charge in [0.2, 0.25) is 5.91 Å². The first kappa shape index (κ1) is 14.8. The lowest BCUT2D eigenvalue weighted by Gasteiger charge is -2.07. The van der Waals surface area contributed by atoms with Gasteiger partial charge in [0.15, 0.2) is 0 Å². The van der Waals surface area contributed by atoms with Gasteiger partial charge in [0.05, 0.1) is 13.0 Å². The molecule has 7 nitrogen and oxygen atoms in total. The van der Waals surface area contributed by atoms with Gasteiger partial charge in [-0.05, 0) is 18.6 Å². The van der Waals surface area contributed by atoms with E-state index in [1.807, 2.05) is 12.1 Å². The maximum Gasteiger partial charge on any atom is 0.223 e. The number of aryl methyl sites for hydroxylation is 1. The Kier molecular flexibility index (Phi) is 5.57. The fraction of sp³-hybridized carbons (Fsp3) is 0.357. The third-order valence-corrected chi connectivity index (χ3v) is 2.83. The number of nitrogens with zero attached hydrogens (tertiary/aromatic N) is 2. The second kappa shape index (κ2) is 7.88. The summed E-state index contributed by atoms with van der Waals surface area (Å²) in [6, 6.07) is 7.14. The van der Waals surface area contributed by atoms with Gasteiger partial charge in [-0.1, -0.05) is 6.07 Å². The standard InChI is InChI=1S/C14H19N5O2/c15-11-3-1-4-12(9-11)21-8-6-14(20)16-7-2-5-13-17-10-18-19-13/h1,3-4,9-10H,2,5-8,15H2,(H,16,20)(H,17,18,19). The third kappa shape index (κ3) is 5.52. The molecule has 0 aliphatic rings. The minimum atomic E-state index is -0.0310. The van der Waals surface area contributed by atoms with Gasteiger partial charge in [-0.25, -0.2) is 4.98 Å². The highest BCUT2D eigenvalue weighted by molar-refractivity contribution is 5.75. The van der Waals surface area contributed by atoms with E-state index in [4.69, 9.17) is 10.5 Å². The van der Waals surface area contributed by atoms with Gasteiger partial charge in [0.25, 0.3) is 0 Å². The zero-order valence-electron chi connectivity index (χ0n) is 11.7. The molecule has 0 bridgehead atoms. The van der Waals surface area contributed by atoms with Crippen LogP contribution in [-0.2, 0) is 11.2 Å². The molecule has 7 heteroatoms. The van der Waals surface area contributed by atoms with Gasteiger partial charge in [-0.3, -0.25) is 9.89 Å². The number of H-pyrrole nitrogens is 1. The average Bonchev–Trinajstić information content (AvgIpc) is 2.97. The number of carbonyl (C=O) groups is 1. The molecule has 0 saturated heterocycles. The molecule has 112 valence electrons. The Bertz CT molecular complexity index is 556. The number of rotatable bonds is 8. The number of amides is 1. The second-order valence-corrected chi connectivity index (χ2v) is 4.56. The van der Waals surface area contributed by atoms with Crippen LogP contribution in [0, 0.1) is 0 Å². The number of benzene rings is 1. The summed E-state index contributed by atoms with van der Waals surface area (Å²) in [5, 5.41) is 9.38. The number of hydrogen-bond donors (Lipinski definition) is 3. The summed E-state index contributed by atoms with van der Waals surface area (Å²) >= 11 is 0. The van der Waals surface area contributed by atoms with Crippen molar-refractivity contribution in [3.63, 3.8) is 0 Å². The highest BCUT2D eigenvalue weighted by atomic mass is 16.5. The van der Waals surface area contributed by atoms with Crippen molar-refractivity contribution in [2.24, 2.45) is 0 Å². The second-order valence-electron chi connectivity index (χ2n) is 4.56. The molecule has 2 rings (SSSR count). The van der Waals surface area contributed by atoms with Crippen molar-refractivity contribution >= 4 is 11.6 Å². The largest absolute Gasteiger partial charge is 0.493 e. The highest BCUT2D eigenvalue weighted by Gasteiger charge is 2.02. The summed E-state index contributed by atoms with van der Waals surface area (Å²) in [5.41, 5.74) is 6.28. The van der Waals surface area contributed by atoms with E-state index in [-0.39, 0.29) is 5.91 Å². The number of aromatic nitrogens is 3. The Morgan fingerprint density at radius 1 is 1.43 bits per heavy atom. The van der Waals surface area contributed by atoms with Gasteiger partial charge >= 0.3 is 0 Å². The molecule has 0 aliphatic heterocycles. The molecule has 0 spiro atoms. The zero-order chi connectivity index (χ0) is 14.9. The van der Waals surface area contributed by atoms with Gasteiger partial charge in [0, 0.05) is 24.7 Å². The maximum absolute atomic E-state index is 11.6. The third-order valence-electron chi connectivity index (χ3n) is 2.83. The number of anilines is 1. The van der Waals surface area contributed by atoms with E-state index in [2.05, 4.69) is 20.5 Å². The van der Waals surface area contributed by atoms with Crippen molar-refractivity contribution in [3.8, 4) is 5.75 Å². The van der Waals surface area contributed by atoms with Crippen LogP contribution in [0.5, 0.6) is 5.75 Å². The fourth-order valence-corrected chi connectivity index (χ4v) is 1.79. The van der Waals surface area contributed by atoms with Crippen molar-refractivity contribution < 1.29 is 9.53 Å². The molecule has 0 saturated carbocycles. The predicted molar refractivity (Wildman–Crippen MR) is 78.7 cm³/mol. The molecule has 4 N–H and O–H groups in total. The quantitative estimate of drug-likeness (QED) is 0.494. The SMILES string of the molecule is Nc1cccc(OCCC(=O)NCCCc2ncn[nH]2)c1. The molecule has 1 heterocycles. The number of nitrogens with one attached hydrogen (secondary N) is 2. The molecular formula is C14H19N5O2. The minimum absolute atomic E-state index is 0.0310. The fourth-order valence-electron chi connectivity index (χ4n) is 1.79. The van der Waals surface area contributed by atoms with E-state index in [1.54, 1.807) is 12.1 Å². The molecule has 1 aromatic carbocycles. The van der Waals surface area contributed by atoms with Crippen LogP contribution in [0.25, 0.3) is 0 Å². The van der Waals surface area contributed by atoms with E-state index in [9.17, 15) is 4.79 Å². The van der Waals surface area contributed by atoms with Crippen LogP contribution in [0.2, 0.25) is 0 Å². The van der Waals surface area contributed by atoms with Gasteiger partial charge in [-0.2, -0.15) is 5.10 Å². The number of nitrogens with two attached hydrogens (primary N) is 1. The number of aromatic amines is 1. The Balaban J connectivity index is 1.55. The molecule has 2 aromatic rings. The van der Waals surface area contributed by atoms with E-state index >= 15 is 0 Å². The van der Waals surface area contributed by atoms with Crippen LogP contribution < -0.4 is 15.8 Å². The molecule has 21 heavy (non-hydrogen) atoms. The van der Waals surface area contributed by atoms with Crippen molar-refractivity contribution in [1.82, 2.24) is 20.5 Å². The van der Waals surface area contributed by atoms with Crippen molar-refractivity contribution in [2.75, 3.05) is 18.9 Å². The first-order chi connectivity index (χ1) is 10.2. The Morgan fingerprint density at radius 2 is 2.33 bits per heavy atom. The number of ether oxygens (including phenoxy) is 1. The summed E-state index contributed by atoms with van der Waals surface area (Å²) < 4.78 is 5.46. The smallest absolute Gasteiger partial charge is 0.223 e. The molecule has 0 unspecified atom stereocenters. The van der Waals surface area contributed by atoms with E-state index in [1.165, 1.54) is 6.33 Å². The number of carbonyl (C=O) groups excluding carboxylic acids is 1. The molecular weight excluding hydrogens is 270 g/mol. The Morgan fingerprint density at radius 3 is 3.10 bits per heavy atom. The number of nitrogen functional groups attached to an aromatic ring is 1. The Hall–Kier alpha value is -2.57. The summed E-state index contributed by atoms with van der Waals surface area (Å²) in [5.74, 6) is 1.47. The first-order valence-electron chi connectivity index (χ1n) is 6.83. The normalized spacial score (nSPS) is 10.3. The van der Waals surface area contributed by atoms with Crippen LogP contribution >= 0.6 is 0 Å². The summed E-state index contributed by atoms with van der Waals surface area (Å²) in [6.07, 6.45) is 3.37. The lowest BCUT2D eigenvalue weighted by atomic mass is 10.3. The van der Waals surface area contributed by atoms with Crippen LogP contribution in [0.15, 0.2) is 30.6 Å².